The Balaban J connectivity index is 2.19. The molecular weight excluding hydrogens is 360 g/mol. The van der Waals surface area contributed by atoms with Gasteiger partial charge in [-0.1, -0.05) is 15.9 Å². The first-order chi connectivity index (χ1) is 8.63. The Morgan fingerprint density at radius 3 is 2.67 bits per heavy atom. The number of halogens is 2. The summed E-state index contributed by atoms with van der Waals surface area (Å²) < 4.78 is 7.64. The van der Waals surface area contributed by atoms with Crippen LogP contribution in [0.2, 0.25) is 0 Å². The maximum Gasteiger partial charge on any atom is 0.228 e. The maximum absolute atomic E-state index is 5.72. The van der Waals surface area contributed by atoms with Crippen molar-refractivity contribution >= 4 is 48.6 Å². The van der Waals surface area contributed by atoms with Crippen LogP contribution in [0.4, 0.5) is 5.69 Å². The van der Waals surface area contributed by atoms with Crippen molar-refractivity contribution < 1.29 is 4.42 Å². The zero-order valence-electron chi connectivity index (χ0n) is 9.15. The molecular formula is C13H8Br2N2O. The van der Waals surface area contributed by atoms with Crippen LogP contribution < -0.4 is 5.73 Å². The quantitative estimate of drug-likeness (QED) is 0.639. The van der Waals surface area contributed by atoms with Crippen molar-refractivity contribution in [1.82, 2.24) is 4.98 Å². The Morgan fingerprint density at radius 1 is 1.06 bits per heavy atom. The second-order valence-corrected chi connectivity index (χ2v) is 5.64. The largest absolute Gasteiger partial charge is 0.436 e. The molecule has 0 spiro atoms. The molecule has 2 N–H and O–H groups in total. The summed E-state index contributed by atoms with van der Waals surface area (Å²) in [6.45, 7) is 0. The Labute approximate surface area is 120 Å². The van der Waals surface area contributed by atoms with E-state index in [1.165, 1.54) is 0 Å². The van der Waals surface area contributed by atoms with Crippen molar-refractivity contribution in [2.24, 2.45) is 0 Å². The number of nitrogens with two attached hydrogens (primary N) is 1. The van der Waals surface area contributed by atoms with Gasteiger partial charge in [-0.15, -0.1) is 0 Å². The summed E-state index contributed by atoms with van der Waals surface area (Å²) in [4.78, 5) is 4.44. The number of nitrogens with zero attached hydrogens (tertiary/aromatic N) is 1. The normalized spacial score (nSPS) is 11.0. The lowest BCUT2D eigenvalue weighted by Crippen LogP contribution is -1.82. The molecule has 0 unspecified atom stereocenters. The fraction of sp³-hybridized carbons (Fsp3) is 0. The monoisotopic (exact) mass is 366 g/mol. The van der Waals surface area contributed by atoms with Gasteiger partial charge in [-0.2, -0.15) is 0 Å². The highest BCUT2D eigenvalue weighted by Gasteiger charge is 2.11. The predicted octanol–water partition coefficient (Wildman–Crippen LogP) is 4.60. The predicted molar refractivity (Wildman–Crippen MR) is 79.3 cm³/mol. The minimum absolute atomic E-state index is 0.579. The number of aromatic nitrogens is 1. The second kappa shape index (κ2) is 4.40. The Morgan fingerprint density at radius 2 is 1.89 bits per heavy atom. The van der Waals surface area contributed by atoms with Crippen LogP contribution in [0, 0.1) is 0 Å². The number of hydrogen-bond acceptors (Lipinski definition) is 3. The van der Waals surface area contributed by atoms with Crippen molar-refractivity contribution in [3.8, 4) is 11.5 Å². The molecule has 0 amide bonds. The van der Waals surface area contributed by atoms with Crippen LogP contribution >= 0.6 is 31.9 Å². The van der Waals surface area contributed by atoms with Crippen LogP contribution in [0.3, 0.4) is 0 Å². The summed E-state index contributed by atoms with van der Waals surface area (Å²) >= 11 is 6.92. The SMILES string of the molecule is Nc1ccc2oc(-c3ccc(Br)cc3Br)nc2c1. The van der Waals surface area contributed by atoms with Crippen LogP contribution in [0.1, 0.15) is 0 Å². The Kier molecular flexibility index (Phi) is 2.87. The van der Waals surface area contributed by atoms with Gasteiger partial charge in [0.2, 0.25) is 5.89 Å². The molecule has 3 nitrogen and oxygen atoms in total. The van der Waals surface area contributed by atoms with E-state index < -0.39 is 0 Å². The van der Waals surface area contributed by atoms with Gasteiger partial charge in [0.1, 0.15) is 5.52 Å². The number of fused-ring (bicyclic) bond motifs is 1. The molecule has 0 radical (unpaired) electrons. The van der Waals surface area contributed by atoms with Gasteiger partial charge in [0, 0.05) is 14.6 Å². The fourth-order valence-corrected chi connectivity index (χ4v) is 2.94. The van der Waals surface area contributed by atoms with E-state index >= 15 is 0 Å². The van der Waals surface area contributed by atoms with Gasteiger partial charge >= 0.3 is 0 Å². The van der Waals surface area contributed by atoms with Gasteiger partial charge in [-0.3, -0.25) is 0 Å². The smallest absolute Gasteiger partial charge is 0.228 e. The number of anilines is 1. The second-order valence-electron chi connectivity index (χ2n) is 3.87. The minimum atomic E-state index is 0.579. The lowest BCUT2D eigenvalue weighted by molar-refractivity contribution is 0.619. The van der Waals surface area contributed by atoms with Gasteiger partial charge in [0.25, 0.3) is 0 Å². The van der Waals surface area contributed by atoms with E-state index in [1.807, 2.05) is 24.3 Å². The molecule has 2 aromatic carbocycles. The third-order valence-electron chi connectivity index (χ3n) is 2.57. The molecule has 3 rings (SSSR count). The summed E-state index contributed by atoms with van der Waals surface area (Å²) in [5, 5.41) is 0. The zero-order chi connectivity index (χ0) is 12.7. The van der Waals surface area contributed by atoms with E-state index in [0.29, 0.717) is 11.6 Å². The highest BCUT2D eigenvalue weighted by molar-refractivity contribution is 9.11. The van der Waals surface area contributed by atoms with Crippen LogP contribution in [0.15, 0.2) is 49.8 Å². The van der Waals surface area contributed by atoms with E-state index in [4.69, 9.17) is 10.2 Å². The zero-order valence-corrected chi connectivity index (χ0v) is 12.3. The fourth-order valence-electron chi connectivity index (χ4n) is 1.72. The molecule has 0 fully saturated rings. The number of rotatable bonds is 1. The molecule has 0 bridgehead atoms. The summed E-state index contributed by atoms with van der Waals surface area (Å²) in [7, 11) is 0. The van der Waals surface area contributed by atoms with Gasteiger partial charge < -0.3 is 10.2 Å². The molecule has 0 aliphatic rings. The first-order valence-corrected chi connectivity index (χ1v) is 6.83. The van der Waals surface area contributed by atoms with E-state index in [-0.39, 0.29) is 0 Å². The van der Waals surface area contributed by atoms with Crippen molar-refractivity contribution in [2.45, 2.75) is 0 Å². The lowest BCUT2D eigenvalue weighted by atomic mass is 10.2. The van der Waals surface area contributed by atoms with Gasteiger partial charge in [-0.05, 0) is 52.3 Å². The van der Waals surface area contributed by atoms with Gasteiger partial charge in [0.05, 0.1) is 5.56 Å². The number of hydrogen-bond donors (Lipinski definition) is 1. The summed E-state index contributed by atoms with van der Waals surface area (Å²) in [5.41, 5.74) is 8.81. The molecule has 0 saturated carbocycles. The molecule has 1 aromatic heterocycles. The van der Waals surface area contributed by atoms with Crippen molar-refractivity contribution in [3.63, 3.8) is 0 Å². The van der Waals surface area contributed by atoms with Crippen LogP contribution in [-0.2, 0) is 0 Å². The summed E-state index contributed by atoms with van der Waals surface area (Å²) in [6.07, 6.45) is 0. The number of benzene rings is 2. The molecule has 18 heavy (non-hydrogen) atoms. The highest BCUT2D eigenvalue weighted by atomic mass is 79.9. The average Bonchev–Trinajstić information content (AvgIpc) is 2.71. The first kappa shape index (κ1) is 11.7. The van der Waals surface area contributed by atoms with Crippen molar-refractivity contribution in [3.05, 3.63) is 45.3 Å². The van der Waals surface area contributed by atoms with E-state index in [9.17, 15) is 0 Å². The molecule has 90 valence electrons. The molecule has 3 aromatic rings. The third kappa shape index (κ3) is 2.04. The summed E-state index contributed by atoms with van der Waals surface area (Å²) in [5.74, 6) is 0.579. The molecule has 5 heteroatoms. The molecule has 0 atom stereocenters. The Bertz CT molecular complexity index is 737. The molecule has 0 saturated heterocycles. The number of oxazole rings is 1. The highest BCUT2D eigenvalue weighted by Crippen LogP contribution is 2.32. The topological polar surface area (TPSA) is 52.0 Å². The minimum Gasteiger partial charge on any atom is -0.436 e. The number of nitrogen functional groups attached to an aromatic ring is 1. The Hall–Kier alpha value is -1.33. The van der Waals surface area contributed by atoms with Gasteiger partial charge in [0.15, 0.2) is 5.58 Å². The third-order valence-corrected chi connectivity index (χ3v) is 3.72. The standard InChI is InChI=1S/C13H8Br2N2O/c14-7-1-3-9(10(15)5-7)13-17-11-6-8(16)2-4-12(11)18-13/h1-6H,16H2. The van der Waals surface area contributed by atoms with Crippen molar-refractivity contribution in [1.29, 1.82) is 0 Å². The first-order valence-electron chi connectivity index (χ1n) is 5.25. The van der Waals surface area contributed by atoms with Crippen LogP contribution in [0.5, 0.6) is 0 Å². The van der Waals surface area contributed by atoms with E-state index in [1.54, 1.807) is 12.1 Å². The van der Waals surface area contributed by atoms with Gasteiger partial charge in [-0.25, -0.2) is 4.98 Å². The van der Waals surface area contributed by atoms with Crippen LogP contribution in [-0.4, -0.2) is 4.98 Å². The molecule has 0 aliphatic heterocycles. The van der Waals surface area contributed by atoms with E-state index in [2.05, 4.69) is 36.8 Å². The molecule has 0 aliphatic carbocycles. The molecule has 1 heterocycles. The van der Waals surface area contributed by atoms with E-state index in [0.717, 1.165) is 25.6 Å². The van der Waals surface area contributed by atoms with Crippen LogP contribution in [0.25, 0.3) is 22.6 Å². The maximum atomic E-state index is 5.72. The lowest BCUT2D eigenvalue weighted by Gasteiger charge is -1.99. The summed E-state index contributed by atoms with van der Waals surface area (Å²) in [6, 6.07) is 11.3. The van der Waals surface area contributed by atoms with Crippen molar-refractivity contribution in [2.75, 3.05) is 5.73 Å². The average molecular weight is 368 g/mol.